The third-order valence-corrected chi connectivity index (χ3v) is 1.59. The summed E-state index contributed by atoms with van der Waals surface area (Å²) in [5, 5.41) is 0. The van der Waals surface area contributed by atoms with Gasteiger partial charge in [-0.05, 0) is 25.5 Å². The van der Waals surface area contributed by atoms with E-state index in [1.54, 1.807) is 13.0 Å². The Morgan fingerprint density at radius 3 is 2.25 bits per heavy atom. The van der Waals surface area contributed by atoms with Crippen LogP contribution < -0.4 is 0 Å². The van der Waals surface area contributed by atoms with Crippen molar-refractivity contribution in [1.82, 2.24) is 0 Å². The van der Waals surface area contributed by atoms with Crippen molar-refractivity contribution in [2.45, 2.75) is 13.8 Å². The molecule has 6 heteroatoms. The molecular weight excluding hydrogens is 216 g/mol. The van der Waals surface area contributed by atoms with E-state index in [1.807, 2.05) is 6.92 Å². The Kier molecular flexibility index (Phi) is 4.38. The molecule has 2 heterocycles. The predicted molar refractivity (Wildman–Crippen MR) is 52.4 cm³/mol. The minimum absolute atomic E-state index is 0.338. The van der Waals surface area contributed by atoms with E-state index >= 15 is 0 Å². The van der Waals surface area contributed by atoms with Gasteiger partial charge in [0.2, 0.25) is 0 Å². The zero-order valence-corrected chi connectivity index (χ0v) is 9.02. The molecule has 0 aromatic heterocycles. The molecule has 0 fully saturated rings. The molecule has 6 nitrogen and oxygen atoms in total. The van der Waals surface area contributed by atoms with Crippen LogP contribution in [0.2, 0.25) is 0 Å². The van der Waals surface area contributed by atoms with E-state index in [2.05, 4.69) is 18.9 Å². The fourth-order valence-corrected chi connectivity index (χ4v) is 0.819. The van der Waals surface area contributed by atoms with Gasteiger partial charge in [0.1, 0.15) is 25.2 Å². The summed E-state index contributed by atoms with van der Waals surface area (Å²) in [5.74, 6) is 0.612. The largest absolute Gasteiger partial charge is 0.513 e. The van der Waals surface area contributed by atoms with Gasteiger partial charge in [0.05, 0.1) is 0 Å². The lowest BCUT2D eigenvalue weighted by Gasteiger charge is -2.08. The normalized spacial score (nSPS) is 18.6. The molecule has 16 heavy (non-hydrogen) atoms. The monoisotopic (exact) mass is 228 g/mol. The first-order valence-electron chi connectivity index (χ1n) is 4.58. The smallest absolute Gasteiger partial charge is 0.430 e. The summed E-state index contributed by atoms with van der Waals surface area (Å²) in [6.45, 7) is 4.23. The molecule has 2 aliphatic rings. The van der Waals surface area contributed by atoms with Gasteiger partial charge in [-0.25, -0.2) is 9.59 Å². The molecule has 2 rings (SSSR count). The summed E-state index contributed by atoms with van der Waals surface area (Å²) in [5.41, 5.74) is 0.921. The third-order valence-electron chi connectivity index (χ3n) is 1.59. The Hall–Kier alpha value is -1.98. The van der Waals surface area contributed by atoms with Crippen molar-refractivity contribution in [2.75, 3.05) is 13.2 Å². The maximum Gasteiger partial charge on any atom is 0.513 e. The van der Waals surface area contributed by atoms with Gasteiger partial charge in [-0.1, -0.05) is 0 Å². The molecule has 0 amide bonds. The van der Waals surface area contributed by atoms with Crippen LogP contribution in [0.25, 0.3) is 0 Å². The molecule has 0 radical (unpaired) electrons. The second kappa shape index (κ2) is 5.79. The number of allylic oxidation sites excluding steroid dienone is 1. The van der Waals surface area contributed by atoms with Gasteiger partial charge in [0.15, 0.2) is 0 Å². The molecule has 0 atom stereocenters. The first-order valence-corrected chi connectivity index (χ1v) is 4.58. The Labute approximate surface area is 92.4 Å². The van der Waals surface area contributed by atoms with E-state index in [9.17, 15) is 9.59 Å². The Balaban J connectivity index is 0.000000160. The zero-order valence-electron chi connectivity index (χ0n) is 9.02. The average Bonchev–Trinajstić information content (AvgIpc) is 2.23. The van der Waals surface area contributed by atoms with Crippen molar-refractivity contribution in [3.63, 3.8) is 0 Å². The molecule has 0 unspecified atom stereocenters. The molecule has 2 aliphatic heterocycles. The summed E-state index contributed by atoms with van der Waals surface area (Å²) >= 11 is 0. The van der Waals surface area contributed by atoms with Crippen LogP contribution in [-0.2, 0) is 18.9 Å². The molecule has 0 N–H and O–H groups in total. The lowest BCUT2D eigenvalue weighted by Crippen LogP contribution is -2.11. The van der Waals surface area contributed by atoms with Gasteiger partial charge in [-0.2, -0.15) is 0 Å². The van der Waals surface area contributed by atoms with Crippen molar-refractivity contribution in [2.24, 2.45) is 0 Å². The topological polar surface area (TPSA) is 71.1 Å². The maximum atomic E-state index is 10.2. The number of hydrogen-bond acceptors (Lipinski definition) is 6. The summed E-state index contributed by atoms with van der Waals surface area (Å²) < 4.78 is 17.7. The highest BCUT2D eigenvalue weighted by molar-refractivity contribution is 5.62. The highest BCUT2D eigenvalue weighted by atomic mass is 16.7. The molecule has 0 spiro atoms. The minimum atomic E-state index is -0.615. The maximum absolute atomic E-state index is 10.2. The third kappa shape index (κ3) is 4.50. The first kappa shape index (κ1) is 12.1. The lowest BCUT2D eigenvalue weighted by molar-refractivity contribution is 0.0735. The molecule has 0 bridgehead atoms. The van der Waals surface area contributed by atoms with Crippen molar-refractivity contribution in [3.05, 3.63) is 23.7 Å². The number of hydrogen-bond donors (Lipinski definition) is 0. The molecule has 0 aromatic rings. The van der Waals surface area contributed by atoms with Gasteiger partial charge in [0.25, 0.3) is 0 Å². The van der Waals surface area contributed by atoms with Crippen LogP contribution in [0.4, 0.5) is 9.59 Å². The highest BCUT2D eigenvalue weighted by Crippen LogP contribution is 2.03. The van der Waals surface area contributed by atoms with Crippen LogP contribution in [-0.4, -0.2) is 25.5 Å². The summed E-state index contributed by atoms with van der Waals surface area (Å²) in [7, 11) is 0. The summed E-state index contributed by atoms with van der Waals surface area (Å²) in [4.78, 5) is 20.3. The van der Waals surface area contributed by atoms with Crippen LogP contribution in [0.15, 0.2) is 23.7 Å². The molecule has 0 saturated heterocycles. The summed E-state index contributed by atoms with van der Waals surface area (Å²) in [6.07, 6.45) is 1.87. The fraction of sp³-hybridized carbons (Fsp3) is 0.400. The SMILES string of the molecule is CC1=CCOC(=O)O1.CC1=COC(=O)OC1. The van der Waals surface area contributed by atoms with E-state index in [4.69, 9.17) is 0 Å². The molecule has 0 saturated carbocycles. The standard InChI is InChI=1S/2C5H6O3/c1-4-2-7-5(6)8-3-4;1-4-2-3-7-5(6)8-4/h2*2H,3H2,1H3. The summed E-state index contributed by atoms with van der Waals surface area (Å²) in [6, 6.07) is 0. The zero-order chi connectivity index (χ0) is 12.0. The van der Waals surface area contributed by atoms with E-state index in [0.29, 0.717) is 19.0 Å². The van der Waals surface area contributed by atoms with E-state index < -0.39 is 12.3 Å². The fourth-order valence-electron chi connectivity index (χ4n) is 0.819. The highest BCUT2D eigenvalue weighted by Gasteiger charge is 2.08. The molecular formula is C10H12O6. The van der Waals surface area contributed by atoms with E-state index in [1.165, 1.54) is 6.26 Å². The molecule has 88 valence electrons. The van der Waals surface area contributed by atoms with Crippen molar-refractivity contribution in [3.8, 4) is 0 Å². The number of carbonyl (C=O) groups is 2. The number of ether oxygens (including phenoxy) is 4. The number of cyclic esters (lactones) is 4. The van der Waals surface area contributed by atoms with Gasteiger partial charge in [-0.3, -0.25) is 0 Å². The number of carbonyl (C=O) groups excluding carboxylic acids is 2. The predicted octanol–water partition coefficient (Wildman–Crippen LogP) is 2.11. The molecule has 0 aromatic carbocycles. The Bertz CT molecular complexity index is 341. The minimum Gasteiger partial charge on any atom is -0.430 e. The Morgan fingerprint density at radius 1 is 1.12 bits per heavy atom. The van der Waals surface area contributed by atoms with Crippen molar-refractivity contribution >= 4 is 12.3 Å². The van der Waals surface area contributed by atoms with Gasteiger partial charge < -0.3 is 18.9 Å². The average molecular weight is 228 g/mol. The van der Waals surface area contributed by atoms with Crippen LogP contribution in [0, 0.1) is 0 Å². The van der Waals surface area contributed by atoms with E-state index in [0.717, 1.165) is 5.57 Å². The van der Waals surface area contributed by atoms with Crippen LogP contribution >= 0.6 is 0 Å². The lowest BCUT2D eigenvalue weighted by atomic mass is 10.4. The second-order valence-corrected chi connectivity index (χ2v) is 3.10. The van der Waals surface area contributed by atoms with Gasteiger partial charge in [-0.15, -0.1) is 0 Å². The van der Waals surface area contributed by atoms with E-state index in [-0.39, 0.29) is 0 Å². The van der Waals surface area contributed by atoms with Gasteiger partial charge >= 0.3 is 12.3 Å². The number of rotatable bonds is 0. The van der Waals surface area contributed by atoms with Crippen LogP contribution in [0.1, 0.15) is 13.8 Å². The van der Waals surface area contributed by atoms with Crippen LogP contribution in [0.3, 0.4) is 0 Å². The van der Waals surface area contributed by atoms with Crippen molar-refractivity contribution in [1.29, 1.82) is 0 Å². The Morgan fingerprint density at radius 2 is 1.88 bits per heavy atom. The quantitative estimate of drug-likeness (QED) is 0.591. The first-order chi connectivity index (χ1) is 7.58. The molecule has 0 aliphatic carbocycles. The van der Waals surface area contributed by atoms with Crippen LogP contribution in [0.5, 0.6) is 0 Å². The van der Waals surface area contributed by atoms with Gasteiger partial charge in [0, 0.05) is 0 Å². The van der Waals surface area contributed by atoms with Crippen molar-refractivity contribution < 1.29 is 28.5 Å². The second-order valence-electron chi connectivity index (χ2n) is 3.10.